The molecule has 0 unspecified atom stereocenters. The molecule has 2 aromatic rings. The summed E-state index contributed by atoms with van der Waals surface area (Å²) in [5.41, 5.74) is 6.91. The Labute approximate surface area is 164 Å². The Morgan fingerprint density at radius 1 is 0.955 bits per heavy atom. The summed E-state index contributed by atoms with van der Waals surface area (Å²) in [7, 11) is 0. The number of allylic oxidation sites excluding steroid dienone is 4. The van der Waals surface area contributed by atoms with E-state index in [0.29, 0.717) is 0 Å². The minimum Gasteiger partial charge on any atom is -1.00 e. The first-order valence-corrected chi connectivity index (χ1v) is 6.76. The smallest absolute Gasteiger partial charge is 1.00 e. The summed E-state index contributed by atoms with van der Waals surface area (Å²) in [6.07, 6.45) is 8.70. The molecule has 0 atom stereocenters. The zero-order valence-electron chi connectivity index (χ0n) is 12.4. The molecule has 2 aliphatic rings. The second-order valence-corrected chi connectivity index (χ2v) is 4.98. The van der Waals surface area contributed by atoms with E-state index >= 15 is 0 Å². The van der Waals surface area contributed by atoms with Crippen molar-refractivity contribution in [1.82, 2.24) is 0 Å². The van der Waals surface area contributed by atoms with Crippen molar-refractivity contribution >= 4 is 0 Å². The van der Waals surface area contributed by atoms with E-state index in [1.165, 1.54) is 27.8 Å². The van der Waals surface area contributed by atoms with Gasteiger partial charge in [-0.15, -0.1) is 5.56 Å². The van der Waals surface area contributed by atoms with Crippen LogP contribution in [-0.4, -0.2) is 0 Å². The maximum absolute atomic E-state index is 3.30. The van der Waals surface area contributed by atoms with E-state index in [1.54, 1.807) is 0 Å². The maximum atomic E-state index is 3.30. The van der Waals surface area contributed by atoms with Crippen LogP contribution in [0.2, 0.25) is 0 Å². The van der Waals surface area contributed by atoms with Crippen molar-refractivity contribution in [3.8, 4) is 11.1 Å². The Kier molecular flexibility index (Phi) is 9.93. The predicted octanol–water partition coefficient (Wildman–Crippen LogP) is -1.04. The summed E-state index contributed by atoms with van der Waals surface area (Å²) >= 11 is 0. The molecule has 3 heteroatoms. The van der Waals surface area contributed by atoms with E-state index in [-0.39, 0.29) is 51.0 Å². The van der Waals surface area contributed by atoms with Crippen LogP contribution in [-0.2, 0) is 32.6 Å². The van der Waals surface area contributed by atoms with Gasteiger partial charge in [0.2, 0.25) is 0 Å². The van der Waals surface area contributed by atoms with Crippen molar-refractivity contribution < 1.29 is 51.0 Å². The van der Waals surface area contributed by atoms with Crippen LogP contribution in [0.3, 0.4) is 0 Å². The zero-order chi connectivity index (χ0) is 13.1. The summed E-state index contributed by atoms with van der Waals surface area (Å²) in [5.74, 6) is 0. The predicted molar refractivity (Wildman–Crippen MR) is 81.0 cm³/mol. The molecular formula is C19H17Cl2Zr. The van der Waals surface area contributed by atoms with Gasteiger partial charge in [-0.05, 0) is 19.8 Å². The minimum absolute atomic E-state index is 0. The first-order chi connectivity index (χ1) is 9.34. The molecule has 0 fully saturated rings. The fraction of sp³-hybridized carbons (Fsp3) is 0.158. The van der Waals surface area contributed by atoms with Gasteiger partial charge in [-0.25, -0.2) is 0 Å². The van der Waals surface area contributed by atoms with Gasteiger partial charge in [-0.1, -0.05) is 59.2 Å². The quantitative estimate of drug-likeness (QED) is 0.418. The van der Waals surface area contributed by atoms with Crippen LogP contribution in [0.5, 0.6) is 0 Å². The van der Waals surface area contributed by atoms with Gasteiger partial charge in [0.25, 0.3) is 0 Å². The molecule has 0 nitrogen and oxygen atoms in total. The first-order valence-electron chi connectivity index (χ1n) is 6.76. The van der Waals surface area contributed by atoms with Gasteiger partial charge < -0.3 is 24.8 Å². The van der Waals surface area contributed by atoms with Crippen LogP contribution in [0.1, 0.15) is 24.5 Å². The molecule has 0 amide bonds. The molecule has 0 heterocycles. The molecule has 4 rings (SSSR count). The topological polar surface area (TPSA) is 0 Å². The van der Waals surface area contributed by atoms with Gasteiger partial charge in [0.15, 0.2) is 0 Å². The molecule has 0 aliphatic heterocycles. The third kappa shape index (κ3) is 4.95. The average Bonchev–Trinajstić information content (AvgIpc) is 3.06. The van der Waals surface area contributed by atoms with Crippen molar-refractivity contribution in [2.24, 2.45) is 0 Å². The van der Waals surface area contributed by atoms with E-state index in [0.717, 1.165) is 12.8 Å². The number of hydrogen-bond donors (Lipinski definition) is 0. The van der Waals surface area contributed by atoms with Crippen LogP contribution in [0.4, 0.5) is 0 Å². The largest absolute Gasteiger partial charge is 3.00 e. The maximum Gasteiger partial charge on any atom is 3.00 e. The number of hydrogen-bond acceptors (Lipinski definition) is 0. The van der Waals surface area contributed by atoms with Crippen molar-refractivity contribution in [3.05, 3.63) is 83.5 Å². The Balaban J connectivity index is 0.000000429. The van der Waals surface area contributed by atoms with Crippen molar-refractivity contribution in [2.75, 3.05) is 0 Å². The number of halogens is 2. The van der Waals surface area contributed by atoms with E-state index in [4.69, 9.17) is 0 Å². The molecule has 2 aromatic carbocycles. The normalized spacial score (nSPS) is 12.3. The van der Waals surface area contributed by atoms with Gasteiger partial charge in [0, 0.05) is 0 Å². The fourth-order valence-corrected chi connectivity index (χ4v) is 2.57. The Morgan fingerprint density at radius 2 is 1.68 bits per heavy atom. The van der Waals surface area contributed by atoms with Gasteiger partial charge in [0.1, 0.15) is 0 Å². The standard InChI is InChI=1S/C13H9.C6H8.2ClH.Zr/c1-3-7-12-10(5-1)9-11-6-2-4-8-13(11)12;1-6-4-2-3-5-6;;;/h1-5,7-8H,9H2;2,4-5H,3H2,1H3;2*1H;/q-1;;;;+3/p-2. The first kappa shape index (κ1) is 21.4. The van der Waals surface area contributed by atoms with Crippen LogP contribution in [0, 0.1) is 6.07 Å². The second kappa shape index (κ2) is 10.2. The third-order valence-corrected chi connectivity index (χ3v) is 3.57. The van der Waals surface area contributed by atoms with Crippen LogP contribution >= 0.6 is 0 Å². The summed E-state index contributed by atoms with van der Waals surface area (Å²) in [4.78, 5) is 0. The summed E-state index contributed by atoms with van der Waals surface area (Å²) in [6, 6.07) is 18.1. The van der Waals surface area contributed by atoms with E-state index in [9.17, 15) is 0 Å². The van der Waals surface area contributed by atoms with Crippen LogP contribution in [0.25, 0.3) is 11.1 Å². The molecule has 0 saturated heterocycles. The van der Waals surface area contributed by atoms with Crippen molar-refractivity contribution in [2.45, 2.75) is 19.8 Å². The Morgan fingerprint density at radius 3 is 2.32 bits per heavy atom. The molecule has 0 aromatic heterocycles. The van der Waals surface area contributed by atoms with E-state index < -0.39 is 0 Å². The van der Waals surface area contributed by atoms with E-state index in [1.807, 2.05) is 6.07 Å². The number of benzene rings is 2. The third-order valence-electron chi connectivity index (χ3n) is 3.57. The summed E-state index contributed by atoms with van der Waals surface area (Å²) in [5, 5.41) is 0. The van der Waals surface area contributed by atoms with Gasteiger partial charge >= 0.3 is 26.2 Å². The summed E-state index contributed by atoms with van der Waals surface area (Å²) < 4.78 is 0. The Hall–Kier alpha value is -0.617. The molecule has 0 spiro atoms. The Bertz CT molecular complexity index is 614. The molecular weight excluding hydrogens is 390 g/mol. The van der Waals surface area contributed by atoms with Gasteiger partial charge in [-0.2, -0.15) is 29.8 Å². The van der Waals surface area contributed by atoms with E-state index in [2.05, 4.69) is 67.6 Å². The monoisotopic (exact) mass is 405 g/mol. The van der Waals surface area contributed by atoms with Crippen molar-refractivity contribution in [1.29, 1.82) is 0 Å². The van der Waals surface area contributed by atoms with Crippen LogP contribution < -0.4 is 24.8 Å². The molecule has 0 bridgehead atoms. The molecule has 0 saturated carbocycles. The van der Waals surface area contributed by atoms with Crippen LogP contribution in [0.15, 0.2) is 66.3 Å². The van der Waals surface area contributed by atoms with Crippen molar-refractivity contribution in [3.63, 3.8) is 0 Å². The summed E-state index contributed by atoms with van der Waals surface area (Å²) in [6.45, 7) is 2.11. The number of fused-ring (bicyclic) bond motifs is 3. The fourth-order valence-electron chi connectivity index (χ4n) is 2.57. The average molecular weight is 407 g/mol. The molecule has 2 aliphatic carbocycles. The molecule has 1 radical (unpaired) electrons. The molecule has 0 N–H and O–H groups in total. The zero-order valence-corrected chi connectivity index (χ0v) is 16.4. The molecule has 111 valence electrons. The minimum atomic E-state index is 0. The second-order valence-electron chi connectivity index (χ2n) is 4.98. The number of rotatable bonds is 0. The SMILES string of the molecule is CC1=CCC=C1.[Cl-].[Cl-].[Zr+3].[c-]1cccc2c1Cc1ccccc1-2. The molecule has 22 heavy (non-hydrogen) atoms. The van der Waals surface area contributed by atoms with Gasteiger partial charge in [-0.3, -0.25) is 0 Å². The van der Waals surface area contributed by atoms with Gasteiger partial charge in [0.05, 0.1) is 0 Å².